The second-order valence-corrected chi connectivity index (χ2v) is 17.3. The molecule has 0 aliphatic heterocycles. The molecule has 4 nitrogen and oxygen atoms in total. The fourth-order valence-corrected chi connectivity index (χ4v) is 11.4. The Labute approximate surface area is 298 Å². The average Bonchev–Trinajstić information content (AvgIpc) is 3.45. The minimum atomic E-state index is -0.00816. The molecule has 9 atom stereocenters. The molecule has 268 valence electrons. The standard InChI is InChI=1S/C45H66N2O2/c1-7-34(32(2)3)20-19-33(4)39-23-24-40-38-22-21-35-31-37(25-27-44(35,5)41(38)26-28-45(39,40)6)49-30-13-9-8-10-15-36-16-14-18-43(48)47(36)42-17-11-12-29-46-42/h11-12,14,16-21,29,32-34,37-41H,7-10,13,15,22-28,30-31H2,1-6H3/b20-19+/t33-,34-,37+,38?,39?,40+,41+,44+,45?/m1/s1. The molecular weight excluding hydrogens is 601 g/mol. The third-order valence-electron chi connectivity index (χ3n) is 14.4. The maximum Gasteiger partial charge on any atom is 0.256 e. The fraction of sp³-hybridized carbons (Fsp3) is 0.689. The smallest absolute Gasteiger partial charge is 0.256 e. The summed E-state index contributed by atoms with van der Waals surface area (Å²) in [5.74, 6) is 6.32. The largest absolute Gasteiger partial charge is 0.378 e. The molecule has 0 saturated heterocycles. The van der Waals surface area contributed by atoms with Crippen LogP contribution in [0.3, 0.4) is 0 Å². The molecule has 4 aliphatic carbocycles. The second-order valence-electron chi connectivity index (χ2n) is 17.3. The van der Waals surface area contributed by atoms with Crippen molar-refractivity contribution in [1.29, 1.82) is 0 Å². The molecule has 0 bridgehead atoms. The van der Waals surface area contributed by atoms with Crippen LogP contribution in [0.4, 0.5) is 0 Å². The van der Waals surface area contributed by atoms with Crippen molar-refractivity contribution in [1.82, 2.24) is 9.55 Å². The van der Waals surface area contributed by atoms with Crippen LogP contribution in [0.25, 0.3) is 5.82 Å². The van der Waals surface area contributed by atoms with E-state index in [1.54, 1.807) is 22.4 Å². The quantitative estimate of drug-likeness (QED) is 0.149. The van der Waals surface area contributed by atoms with Gasteiger partial charge in [-0.15, -0.1) is 0 Å². The van der Waals surface area contributed by atoms with Gasteiger partial charge in [-0.05, 0) is 148 Å². The van der Waals surface area contributed by atoms with E-state index in [0.29, 0.717) is 28.7 Å². The third-order valence-corrected chi connectivity index (χ3v) is 14.4. The number of ether oxygens (including phenoxy) is 1. The van der Waals surface area contributed by atoms with E-state index < -0.39 is 0 Å². The highest BCUT2D eigenvalue weighted by Gasteiger charge is 2.59. The Morgan fingerprint density at radius 3 is 2.55 bits per heavy atom. The molecule has 3 saturated carbocycles. The number of pyridine rings is 2. The van der Waals surface area contributed by atoms with Gasteiger partial charge in [-0.2, -0.15) is 0 Å². The van der Waals surface area contributed by atoms with E-state index in [2.05, 4.69) is 70.8 Å². The number of aromatic nitrogens is 2. The lowest BCUT2D eigenvalue weighted by molar-refractivity contribution is -0.0615. The summed E-state index contributed by atoms with van der Waals surface area (Å²) >= 11 is 0. The van der Waals surface area contributed by atoms with E-state index in [9.17, 15) is 4.79 Å². The monoisotopic (exact) mass is 667 g/mol. The number of unbranched alkanes of at least 4 members (excludes halogenated alkanes) is 3. The Morgan fingerprint density at radius 1 is 0.939 bits per heavy atom. The van der Waals surface area contributed by atoms with E-state index in [0.717, 1.165) is 79.9 Å². The van der Waals surface area contributed by atoms with Crippen molar-refractivity contribution in [2.45, 2.75) is 138 Å². The van der Waals surface area contributed by atoms with Gasteiger partial charge in [0.05, 0.1) is 6.10 Å². The van der Waals surface area contributed by atoms with E-state index >= 15 is 0 Å². The van der Waals surface area contributed by atoms with Gasteiger partial charge in [-0.1, -0.05) is 90.3 Å². The zero-order valence-corrected chi connectivity index (χ0v) is 31.7. The summed E-state index contributed by atoms with van der Waals surface area (Å²) in [5, 5.41) is 0. The van der Waals surface area contributed by atoms with Gasteiger partial charge in [-0.25, -0.2) is 4.98 Å². The summed E-state index contributed by atoms with van der Waals surface area (Å²) in [7, 11) is 0. The van der Waals surface area contributed by atoms with Crippen LogP contribution < -0.4 is 5.56 Å². The predicted octanol–water partition coefficient (Wildman–Crippen LogP) is 11.2. The normalized spacial score (nSPS) is 32.4. The molecule has 4 heteroatoms. The first-order chi connectivity index (χ1) is 23.7. The van der Waals surface area contributed by atoms with E-state index in [1.165, 1.54) is 57.8 Å². The molecule has 4 aliphatic rings. The molecule has 2 heterocycles. The molecule has 0 N–H and O–H groups in total. The van der Waals surface area contributed by atoms with Gasteiger partial charge in [-0.3, -0.25) is 9.36 Å². The summed E-state index contributed by atoms with van der Waals surface area (Å²) in [6.45, 7) is 15.8. The molecule has 2 aromatic heterocycles. The molecular formula is C45H66N2O2. The van der Waals surface area contributed by atoms with Crippen LogP contribution in [0, 0.1) is 52.3 Å². The summed E-state index contributed by atoms with van der Waals surface area (Å²) < 4.78 is 8.32. The van der Waals surface area contributed by atoms with Gasteiger partial charge in [0.15, 0.2) is 0 Å². The first kappa shape index (κ1) is 36.3. The number of allylic oxidation sites excluding steroid dienone is 3. The van der Waals surface area contributed by atoms with Gasteiger partial charge in [0, 0.05) is 24.6 Å². The fourth-order valence-electron chi connectivity index (χ4n) is 11.4. The lowest BCUT2D eigenvalue weighted by Crippen LogP contribution is -2.51. The van der Waals surface area contributed by atoms with Crippen LogP contribution in [0.5, 0.6) is 0 Å². The van der Waals surface area contributed by atoms with Crippen molar-refractivity contribution in [2.75, 3.05) is 6.61 Å². The SMILES string of the molecule is CC[C@H](/C=C/[C@@H](C)C1CC[C@H]2C3CC=C4C[C@@H](OCCCCCCc5cccc(=O)n5-c5ccccn5)CC[C@]4(C)[C@H]3CCC12C)C(C)C. The van der Waals surface area contributed by atoms with Crippen molar-refractivity contribution in [3.8, 4) is 5.82 Å². The maximum absolute atomic E-state index is 12.6. The van der Waals surface area contributed by atoms with Gasteiger partial charge < -0.3 is 4.74 Å². The summed E-state index contributed by atoms with van der Waals surface area (Å²) in [4.78, 5) is 17.0. The van der Waals surface area contributed by atoms with Crippen LogP contribution in [-0.2, 0) is 11.2 Å². The van der Waals surface area contributed by atoms with Crippen LogP contribution >= 0.6 is 0 Å². The summed E-state index contributed by atoms with van der Waals surface area (Å²) in [6.07, 6.45) is 27.4. The first-order valence-corrected chi connectivity index (χ1v) is 20.3. The lowest BCUT2D eigenvalue weighted by Gasteiger charge is -2.58. The average molecular weight is 667 g/mol. The highest BCUT2D eigenvalue weighted by Crippen LogP contribution is 2.67. The van der Waals surface area contributed by atoms with Gasteiger partial charge in [0.2, 0.25) is 0 Å². The number of rotatable bonds is 14. The minimum Gasteiger partial charge on any atom is -0.378 e. The van der Waals surface area contributed by atoms with Crippen molar-refractivity contribution in [3.63, 3.8) is 0 Å². The highest BCUT2D eigenvalue weighted by atomic mass is 16.5. The van der Waals surface area contributed by atoms with Crippen molar-refractivity contribution >= 4 is 0 Å². The Bertz CT molecular complexity index is 1490. The molecule has 3 fully saturated rings. The number of nitrogens with zero attached hydrogens (tertiary/aromatic N) is 2. The minimum absolute atomic E-state index is 0.00816. The Kier molecular flexibility index (Phi) is 11.7. The van der Waals surface area contributed by atoms with Crippen LogP contribution in [0.2, 0.25) is 0 Å². The maximum atomic E-state index is 12.6. The van der Waals surface area contributed by atoms with E-state index in [1.807, 2.05) is 24.3 Å². The molecule has 0 amide bonds. The molecule has 49 heavy (non-hydrogen) atoms. The highest BCUT2D eigenvalue weighted by molar-refractivity contribution is 5.27. The predicted molar refractivity (Wildman–Crippen MR) is 204 cm³/mol. The van der Waals surface area contributed by atoms with Crippen LogP contribution in [0.15, 0.2) is 71.2 Å². The van der Waals surface area contributed by atoms with Crippen LogP contribution in [0.1, 0.15) is 131 Å². The zero-order chi connectivity index (χ0) is 34.6. The lowest BCUT2D eigenvalue weighted by atomic mass is 9.47. The summed E-state index contributed by atoms with van der Waals surface area (Å²) in [6, 6.07) is 11.3. The van der Waals surface area contributed by atoms with Crippen molar-refractivity contribution in [3.05, 3.63) is 82.4 Å². The third kappa shape index (κ3) is 7.61. The Balaban J connectivity index is 0.965. The van der Waals surface area contributed by atoms with Crippen molar-refractivity contribution < 1.29 is 4.74 Å². The first-order valence-electron chi connectivity index (χ1n) is 20.3. The Morgan fingerprint density at radius 2 is 1.78 bits per heavy atom. The van der Waals surface area contributed by atoms with Crippen LogP contribution in [-0.4, -0.2) is 22.3 Å². The zero-order valence-electron chi connectivity index (χ0n) is 31.7. The number of hydrogen-bond donors (Lipinski definition) is 0. The molecule has 0 radical (unpaired) electrons. The number of hydrogen-bond acceptors (Lipinski definition) is 3. The van der Waals surface area contributed by atoms with E-state index in [4.69, 9.17) is 4.74 Å². The molecule has 0 aromatic carbocycles. The molecule has 0 spiro atoms. The summed E-state index contributed by atoms with van der Waals surface area (Å²) in [5.41, 5.74) is 3.66. The Hall–Kier alpha value is -2.46. The van der Waals surface area contributed by atoms with Crippen molar-refractivity contribution in [2.24, 2.45) is 52.3 Å². The van der Waals surface area contributed by atoms with E-state index in [-0.39, 0.29) is 5.56 Å². The number of fused-ring (bicyclic) bond motifs is 5. The van der Waals surface area contributed by atoms with Gasteiger partial charge in [0.25, 0.3) is 5.56 Å². The number of aryl methyl sites for hydroxylation is 1. The van der Waals surface area contributed by atoms with Gasteiger partial charge in [0.1, 0.15) is 5.82 Å². The molecule has 2 aromatic rings. The topological polar surface area (TPSA) is 44.1 Å². The molecule has 3 unspecified atom stereocenters. The van der Waals surface area contributed by atoms with Gasteiger partial charge >= 0.3 is 0 Å². The molecule has 6 rings (SSSR count). The second kappa shape index (κ2) is 15.8.